The van der Waals surface area contributed by atoms with Gasteiger partial charge >= 0.3 is 0 Å². The summed E-state index contributed by atoms with van der Waals surface area (Å²) in [7, 11) is 0. The molecule has 0 saturated carbocycles. The highest BCUT2D eigenvalue weighted by atomic mass is 32.1. The number of rotatable bonds is 5. The summed E-state index contributed by atoms with van der Waals surface area (Å²) in [5.41, 5.74) is 6.58. The lowest BCUT2D eigenvalue weighted by Gasteiger charge is -2.03. The number of aromatic nitrogens is 1. The molecule has 1 aromatic heterocycles. The van der Waals surface area contributed by atoms with Crippen LogP contribution in [-0.2, 0) is 0 Å². The third kappa shape index (κ3) is 4.56. The number of hydrogen-bond acceptors (Lipinski definition) is 6. The zero-order valence-corrected chi connectivity index (χ0v) is 16.8. The summed E-state index contributed by atoms with van der Waals surface area (Å²) < 4.78 is 1.06. The van der Waals surface area contributed by atoms with Gasteiger partial charge in [-0.25, -0.2) is 9.98 Å². The Morgan fingerprint density at radius 3 is 2.50 bits per heavy atom. The number of hydrazone groups is 1. The lowest BCUT2D eigenvalue weighted by atomic mass is 10.2. The van der Waals surface area contributed by atoms with Gasteiger partial charge in [-0.15, -0.1) is 11.3 Å². The van der Waals surface area contributed by atoms with Crippen LogP contribution in [0, 0.1) is 17.0 Å². The number of nitro groups is 1. The number of para-hydroxylation sites is 1. The molecule has 0 unspecified atom stereocenters. The Morgan fingerprint density at radius 1 is 1.07 bits per heavy atom. The van der Waals surface area contributed by atoms with E-state index in [-0.39, 0.29) is 5.69 Å². The second-order valence-electron chi connectivity index (χ2n) is 6.50. The van der Waals surface area contributed by atoms with Gasteiger partial charge in [-0.05, 0) is 48.9 Å². The van der Waals surface area contributed by atoms with E-state index in [9.17, 15) is 10.1 Å². The van der Waals surface area contributed by atoms with Gasteiger partial charge in [0.15, 0.2) is 10.8 Å². The quantitative estimate of drug-likeness (QED) is 0.209. The molecule has 0 amide bonds. The standard InChI is InChI=1S/C22H17N5O2S/c1-15-6-10-17(11-7-15)24-21(22-25-19-4-2-3-5-20(19)30-22)26-23-14-16-8-12-18(13-9-16)27(28)29/h2-14H,1H3,(H,24,26)/b23-14+. The SMILES string of the molecule is Cc1ccc(N=C(N/N=C/c2ccc([N+](=O)[O-])cc2)c2nc3ccccc3s2)cc1. The van der Waals surface area contributed by atoms with Crippen molar-refractivity contribution in [2.45, 2.75) is 6.92 Å². The maximum atomic E-state index is 10.8. The number of fused-ring (bicyclic) bond motifs is 1. The molecule has 3 aromatic carbocycles. The maximum Gasteiger partial charge on any atom is 0.269 e. The summed E-state index contributed by atoms with van der Waals surface area (Å²) in [4.78, 5) is 19.7. The van der Waals surface area contributed by atoms with Gasteiger partial charge in [0.05, 0.1) is 27.0 Å². The van der Waals surface area contributed by atoms with E-state index in [1.165, 1.54) is 23.5 Å². The molecule has 0 aliphatic carbocycles. The van der Waals surface area contributed by atoms with Crippen molar-refractivity contribution in [3.63, 3.8) is 0 Å². The van der Waals surface area contributed by atoms with Crippen molar-refractivity contribution in [2.75, 3.05) is 0 Å². The molecule has 1 N–H and O–H groups in total. The molecular weight excluding hydrogens is 398 g/mol. The van der Waals surface area contributed by atoms with E-state index in [1.54, 1.807) is 18.3 Å². The number of aryl methyl sites for hydroxylation is 1. The minimum Gasteiger partial charge on any atom is -0.259 e. The Labute approximate surface area is 176 Å². The summed E-state index contributed by atoms with van der Waals surface area (Å²) >= 11 is 1.53. The van der Waals surface area contributed by atoms with E-state index < -0.39 is 4.92 Å². The molecule has 148 valence electrons. The Kier molecular flexibility index (Phi) is 5.58. The van der Waals surface area contributed by atoms with Gasteiger partial charge in [0, 0.05) is 12.1 Å². The van der Waals surface area contributed by atoms with Crippen molar-refractivity contribution in [3.8, 4) is 0 Å². The predicted molar refractivity (Wildman–Crippen MR) is 121 cm³/mol. The third-order valence-electron chi connectivity index (χ3n) is 4.26. The van der Waals surface area contributed by atoms with Crippen LogP contribution in [-0.4, -0.2) is 22.0 Å². The molecule has 0 radical (unpaired) electrons. The van der Waals surface area contributed by atoms with E-state index in [0.29, 0.717) is 5.84 Å². The Balaban J connectivity index is 1.62. The molecule has 4 rings (SSSR count). The summed E-state index contributed by atoms with van der Waals surface area (Å²) in [5, 5.41) is 15.8. The van der Waals surface area contributed by atoms with Crippen LogP contribution in [0.5, 0.6) is 0 Å². The largest absolute Gasteiger partial charge is 0.269 e. The number of benzene rings is 3. The van der Waals surface area contributed by atoms with E-state index in [1.807, 2.05) is 55.5 Å². The van der Waals surface area contributed by atoms with Crippen molar-refractivity contribution in [1.29, 1.82) is 0 Å². The first-order valence-corrected chi connectivity index (χ1v) is 9.95. The minimum atomic E-state index is -0.432. The number of nitro benzene ring substituents is 1. The third-order valence-corrected chi connectivity index (χ3v) is 5.30. The summed E-state index contributed by atoms with van der Waals surface area (Å²) in [6.45, 7) is 2.02. The molecular formula is C22H17N5O2S. The fourth-order valence-corrected chi connectivity index (χ4v) is 3.60. The van der Waals surface area contributed by atoms with E-state index in [0.717, 1.165) is 32.0 Å². The van der Waals surface area contributed by atoms with Crippen molar-refractivity contribution < 1.29 is 4.92 Å². The van der Waals surface area contributed by atoms with Gasteiger partial charge in [-0.1, -0.05) is 29.8 Å². The normalized spacial score (nSPS) is 11.8. The first kappa shape index (κ1) is 19.4. The van der Waals surface area contributed by atoms with Crippen LogP contribution in [0.1, 0.15) is 16.1 Å². The lowest BCUT2D eigenvalue weighted by Crippen LogP contribution is -2.18. The summed E-state index contributed by atoms with van der Waals surface area (Å²) in [6.07, 6.45) is 1.59. The highest BCUT2D eigenvalue weighted by Gasteiger charge is 2.10. The van der Waals surface area contributed by atoms with E-state index in [4.69, 9.17) is 0 Å². The highest BCUT2D eigenvalue weighted by molar-refractivity contribution is 7.20. The topological polar surface area (TPSA) is 92.8 Å². The van der Waals surface area contributed by atoms with Crippen LogP contribution >= 0.6 is 11.3 Å². The highest BCUT2D eigenvalue weighted by Crippen LogP contribution is 2.23. The Hall–Kier alpha value is -3.91. The van der Waals surface area contributed by atoms with Crippen molar-refractivity contribution in [3.05, 3.63) is 99.0 Å². The van der Waals surface area contributed by atoms with Crippen LogP contribution < -0.4 is 5.43 Å². The fourth-order valence-electron chi connectivity index (χ4n) is 2.69. The van der Waals surface area contributed by atoms with E-state index in [2.05, 4.69) is 20.5 Å². The van der Waals surface area contributed by atoms with Crippen LogP contribution in [0.15, 0.2) is 82.9 Å². The minimum absolute atomic E-state index is 0.0382. The van der Waals surface area contributed by atoms with Crippen molar-refractivity contribution in [1.82, 2.24) is 10.4 Å². The maximum absolute atomic E-state index is 10.8. The molecule has 4 aromatic rings. The van der Waals surface area contributed by atoms with E-state index >= 15 is 0 Å². The first-order chi connectivity index (χ1) is 14.6. The molecule has 1 heterocycles. The van der Waals surface area contributed by atoms with Gasteiger partial charge in [-0.3, -0.25) is 15.5 Å². The summed E-state index contributed by atoms with van der Waals surface area (Å²) in [6, 6.07) is 21.9. The van der Waals surface area contributed by atoms with Crippen molar-refractivity contribution in [2.24, 2.45) is 10.1 Å². The predicted octanol–water partition coefficient (Wildman–Crippen LogP) is 5.21. The van der Waals surface area contributed by atoms with Crippen LogP contribution in [0.2, 0.25) is 0 Å². The number of aliphatic imine (C=N–C) groups is 1. The van der Waals surface area contributed by atoms with Crippen LogP contribution in [0.3, 0.4) is 0 Å². The number of nitrogens with one attached hydrogen (secondary N) is 1. The van der Waals surface area contributed by atoms with Gasteiger partial charge in [0.25, 0.3) is 5.69 Å². The average molecular weight is 415 g/mol. The van der Waals surface area contributed by atoms with Gasteiger partial charge in [-0.2, -0.15) is 5.10 Å². The van der Waals surface area contributed by atoms with Gasteiger partial charge in [0.2, 0.25) is 0 Å². The molecule has 0 atom stereocenters. The molecule has 0 spiro atoms. The summed E-state index contributed by atoms with van der Waals surface area (Å²) in [5.74, 6) is 0.526. The van der Waals surface area contributed by atoms with Gasteiger partial charge < -0.3 is 0 Å². The van der Waals surface area contributed by atoms with Crippen LogP contribution in [0.25, 0.3) is 10.2 Å². The number of nitrogens with zero attached hydrogens (tertiary/aromatic N) is 4. The fraction of sp³-hybridized carbons (Fsp3) is 0.0455. The molecule has 30 heavy (non-hydrogen) atoms. The average Bonchev–Trinajstić information content (AvgIpc) is 3.19. The Morgan fingerprint density at radius 2 is 1.80 bits per heavy atom. The van der Waals surface area contributed by atoms with Crippen molar-refractivity contribution >= 4 is 45.0 Å². The monoisotopic (exact) mass is 415 g/mol. The molecule has 0 saturated heterocycles. The molecule has 0 aliphatic rings. The second kappa shape index (κ2) is 8.62. The zero-order chi connectivity index (χ0) is 20.9. The molecule has 0 aliphatic heterocycles. The van der Waals surface area contributed by atoms with Gasteiger partial charge in [0.1, 0.15) is 0 Å². The second-order valence-corrected chi connectivity index (χ2v) is 7.53. The molecule has 0 bridgehead atoms. The molecule has 7 nitrogen and oxygen atoms in total. The number of hydrogen-bond donors (Lipinski definition) is 1. The Bertz CT molecular complexity index is 1210. The zero-order valence-electron chi connectivity index (χ0n) is 16.0. The number of amidine groups is 1. The lowest BCUT2D eigenvalue weighted by molar-refractivity contribution is -0.384. The molecule has 8 heteroatoms. The smallest absolute Gasteiger partial charge is 0.259 e. The number of non-ortho nitro benzene ring substituents is 1. The number of thiazole rings is 1. The van der Waals surface area contributed by atoms with Crippen LogP contribution in [0.4, 0.5) is 11.4 Å². The molecule has 0 fully saturated rings. The first-order valence-electron chi connectivity index (χ1n) is 9.13.